The molecule has 1 fully saturated rings. The van der Waals surface area contributed by atoms with Crippen molar-refractivity contribution < 1.29 is 4.79 Å². The zero-order chi connectivity index (χ0) is 15.2. The molecule has 21 heavy (non-hydrogen) atoms. The molecule has 1 heterocycles. The van der Waals surface area contributed by atoms with Crippen LogP contribution in [0.1, 0.15) is 57.1 Å². The number of hydrogen-bond acceptors (Lipinski definition) is 2. The predicted molar refractivity (Wildman–Crippen MR) is 87.5 cm³/mol. The summed E-state index contributed by atoms with van der Waals surface area (Å²) in [5.74, 6) is 0.455. The molecule has 0 bridgehead atoms. The first-order valence-electron chi connectivity index (χ1n) is 8.20. The lowest BCUT2D eigenvalue weighted by atomic mass is 9.95. The molecule has 0 aromatic heterocycles. The van der Waals surface area contributed by atoms with Crippen LogP contribution in [0.5, 0.6) is 0 Å². The van der Waals surface area contributed by atoms with Crippen molar-refractivity contribution in [3.8, 4) is 0 Å². The minimum absolute atomic E-state index is 0.182. The number of rotatable bonds is 5. The number of aryl methyl sites for hydroxylation is 1. The third-order valence-electron chi connectivity index (χ3n) is 4.44. The van der Waals surface area contributed by atoms with Crippen molar-refractivity contribution >= 4 is 5.91 Å². The van der Waals surface area contributed by atoms with Gasteiger partial charge < -0.3 is 10.6 Å². The second-order valence-corrected chi connectivity index (χ2v) is 6.34. The van der Waals surface area contributed by atoms with Crippen LogP contribution < -0.4 is 10.6 Å². The van der Waals surface area contributed by atoms with Gasteiger partial charge in [0, 0.05) is 18.5 Å². The number of amides is 1. The molecule has 1 amide bonds. The van der Waals surface area contributed by atoms with Gasteiger partial charge >= 0.3 is 0 Å². The number of benzene rings is 1. The Morgan fingerprint density at radius 2 is 2.10 bits per heavy atom. The first-order valence-corrected chi connectivity index (χ1v) is 8.20. The summed E-state index contributed by atoms with van der Waals surface area (Å²) in [6.45, 7) is 7.47. The van der Waals surface area contributed by atoms with E-state index in [1.54, 1.807) is 0 Å². The zero-order valence-electron chi connectivity index (χ0n) is 13.5. The zero-order valence-corrected chi connectivity index (χ0v) is 13.5. The molecule has 3 atom stereocenters. The minimum Gasteiger partial charge on any atom is -0.353 e. The Morgan fingerprint density at radius 1 is 1.38 bits per heavy atom. The number of piperidine rings is 1. The molecule has 0 saturated carbocycles. The maximum absolute atomic E-state index is 12.2. The molecule has 3 heteroatoms. The molecule has 116 valence electrons. The molecule has 2 rings (SSSR count). The maximum Gasteiger partial charge on any atom is 0.220 e. The van der Waals surface area contributed by atoms with Crippen molar-refractivity contribution in [2.75, 3.05) is 6.54 Å². The molecule has 0 spiro atoms. The van der Waals surface area contributed by atoms with E-state index >= 15 is 0 Å². The summed E-state index contributed by atoms with van der Waals surface area (Å²) in [5, 5.41) is 6.60. The van der Waals surface area contributed by atoms with E-state index in [0.717, 1.165) is 25.8 Å². The fourth-order valence-electron chi connectivity index (χ4n) is 3.03. The van der Waals surface area contributed by atoms with Gasteiger partial charge in [0.15, 0.2) is 0 Å². The van der Waals surface area contributed by atoms with E-state index in [-0.39, 0.29) is 11.8 Å². The number of carbonyl (C=O) groups is 1. The van der Waals surface area contributed by atoms with Crippen molar-refractivity contribution in [1.82, 2.24) is 10.6 Å². The Balaban J connectivity index is 1.83. The van der Waals surface area contributed by atoms with E-state index < -0.39 is 0 Å². The van der Waals surface area contributed by atoms with Crippen molar-refractivity contribution in [2.45, 2.75) is 64.5 Å². The molecule has 1 aliphatic heterocycles. The van der Waals surface area contributed by atoms with Gasteiger partial charge in [0.25, 0.3) is 0 Å². The molecule has 0 radical (unpaired) electrons. The Labute approximate surface area is 128 Å². The molecule has 3 unspecified atom stereocenters. The van der Waals surface area contributed by atoms with Crippen LogP contribution in [0.15, 0.2) is 24.3 Å². The van der Waals surface area contributed by atoms with E-state index in [2.05, 4.69) is 55.7 Å². The average Bonchev–Trinajstić information content (AvgIpc) is 2.47. The summed E-state index contributed by atoms with van der Waals surface area (Å²) in [5.41, 5.74) is 2.60. The second kappa shape index (κ2) is 7.60. The van der Waals surface area contributed by atoms with E-state index in [1.807, 2.05) is 0 Å². The summed E-state index contributed by atoms with van der Waals surface area (Å²) >= 11 is 0. The van der Waals surface area contributed by atoms with Crippen LogP contribution in [-0.4, -0.2) is 24.5 Å². The number of nitrogens with one attached hydrogen (secondary N) is 2. The molecular formula is C18H28N2O. The van der Waals surface area contributed by atoms with E-state index in [9.17, 15) is 4.79 Å². The molecule has 1 aromatic carbocycles. The Kier molecular flexibility index (Phi) is 5.80. The summed E-state index contributed by atoms with van der Waals surface area (Å²) < 4.78 is 0. The van der Waals surface area contributed by atoms with Gasteiger partial charge in [0.1, 0.15) is 0 Å². The second-order valence-electron chi connectivity index (χ2n) is 6.34. The smallest absolute Gasteiger partial charge is 0.220 e. The standard InChI is InChI=1S/C18H28N2O/c1-4-15-5-7-16(8-6-15)13(2)11-18(21)20-17-9-10-19-14(3)12-17/h5-8,13-14,17,19H,4,9-12H2,1-3H3,(H,20,21). The molecular weight excluding hydrogens is 260 g/mol. The van der Waals surface area contributed by atoms with Crippen LogP contribution in [0.2, 0.25) is 0 Å². The first-order chi connectivity index (χ1) is 10.1. The normalized spacial score (nSPS) is 23.6. The fraction of sp³-hybridized carbons (Fsp3) is 0.611. The highest BCUT2D eigenvalue weighted by molar-refractivity contribution is 5.77. The highest BCUT2D eigenvalue weighted by Crippen LogP contribution is 2.20. The van der Waals surface area contributed by atoms with Crippen molar-refractivity contribution in [2.24, 2.45) is 0 Å². The fourth-order valence-corrected chi connectivity index (χ4v) is 3.03. The number of carbonyl (C=O) groups excluding carboxylic acids is 1. The van der Waals surface area contributed by atoms with Gasteiger partial charge in [-0.25, -0.2) is 0 Å². The summed E-state index contributed by atoms with van der Waals surface area (Å²) in [6, 6.07) is 9.48. The molecule has 1 aliphatic rings. The Bertz CT molecular complexity index is 455. The van der Waals surface area contributed by atoms with Gasteiger partial charge in [0.2, 0.25) is 5.91 Å². The Morgan fingerprint density at radius 3 is 2.71 bits per heavy atom. The van der Waals surface area contributed by atoms with Gasteiger partial charge in [-0.3, -0.25) is 4.79 Å². The van der Waals surface area contributed by atoms with Crippen LogP contribution in [0.4, 0.5) is 0 Å². The molecule has 1 aromatic rings. The lowest BCUT2D eigenvalue weighted by Gasteiger charge is -2.29. The topological polar surface area (TPSA) is 41.1 Å². The molecule has 1 saturated heterocycles. The van der Waals surface area contributed by atoms with Gasteiger partial charge in [-0.1, -0.05) is 38.1 Å². The average molecular weight is 288 g/mol. The minimum atomic E-state index is 0.182. The monoisotopic (exact) mass is 288 g/mol. The van der Waals surface area contributed by atoms with E-state index in [4.69, 9.17) is 0 Å². The third-order valence-corrected chi connectivity index (χ3v) is 4.44. The molecule has 0 aliphatic carbocycles. The predicted octanol–water partition coefficient (Wildman–Crippen LogP) is 3.00. The maximum atomic E-state index is 12.2. The van der Waals surface area contributed by atoms with E-state index in [1.165, 1.54) is 11.1 Å². The largest absolute Gasteiger partial charge is 0.353 e. The van der Waals surface area contributed by atoms with Crippen molar-refractivity contribution in [3.63, 3.8) is 0 Å². The lowest BCUT2D eigenvalue weighted by molar-refractivity contribution is -0.122. The SMILES string of the molecule is CCc1ccc(C(C)CC(=O)NC2CCNC(C)C2)cc1. The summed E-state index contributed by atoms with van der Waals surface area (Å²) in [7, 11) is 0. The van der Waals surface area contributed by atoms with Gasteiger partial charge in [-0.05, 0) is 49.8 Å². The molecule has 3 nitrogen and oxygen atoms in total. The van der Waals surface area contributed by atoms with Crippen LogP contribution in [-0.2, 0) is 11.2 Å². The highest BCUT2D eigenvalue weighted by Gasteiger charge is 2.20. The van der Waals surface area contributed by atoms with Gasteiger partial charge in [0.05, 0.1) is 0 Å². The summed E-state index contributed by atoms with van der Waals surface area (Å²) in [4.78, 5) is 12.2. The van der Waals surface area contributed by atoms with Crippen molar-refractivity contribution in [3.05, 3.63) is 35.4 Å². The van der Waals surface area contributed by atoms with Crippen LogP contribution >= 0.6 is 0 Å². The summed E-state index contributed by atoms with van der Waals surface area (Å²) in [6.07, 6.45) is 3.70. The van der Waals surface area contributed by atoms with Gasteiger partial charge in [-0.15, -0.1) is 0 Å². The Hall–Kier alpha value is -1.35. The number of hydrogen-bond donors (Lipinski definition) is 2. The highest BCUT2D eigenvalue weighted by atomic mass is 16.1. The van der Waals surface area contributed by atoms with E-state index in [0.29, 0.717) is 18.5 Å². The van der Waals surface area contributed by atoms with Crippen LogP contribution in [0, 0.1) is 0 Å². The van der Waals surface area contributed by atoms with Gasteiger partial charge in [-0.2, -0.15) is 0 Å². The van der Waals surface area contributed by atoms with Crippen LogP contribution in [0.25, 0.3) is 0 Å². The van der Waals surface area contributed by atoms with Crippen LogP contribution in [0.3, 0.4) is 0 Å². The van der Waals surface area contributed by atoms with Crippen molar-refractivity contribution in [1.29, 1.82) is 0 Å². The molecule has 2 N–H and O–H groups in total. The quantitative estimate of drug-likeness (QED) is 0.874. The lowest BCUT2D eigenvalue weighted by Crippen LogP contribution is -2.46. The third kappa shape index (κ3) is 4.85. The first kappa shape index (κ1) is 16.0.